The third-order valence-corrected chi connectivity index (χ3v) is 4.56. The lowest BCUT2D eigenvalue weighted by Gasteiger charge is -2.07. The summed E-state index contributed by atoms with van der Waals surface area (Å²) < 4.78 is 0.746. The van der Waals surface area contributed by atoms with Crippen LogP contribution in [0.15, 0.2) is 78.2 Å². The van der Waals surface area contributed by atoms with Crippen molar-refractivity contribution in [2.75, 3.05) is 0 Å². The van der Waals surface area contributed by atoms with Crippen molar-refractivity contribution >= 4 is 40.0 Å². The smallest absolute Gasteiger partial charge is 0.312 e. The fourth-order valence-electron chi connectivity index (χ4n) is 2.29. The van der Waals surface area contributed by atoms with E-state index >= 15 is 0 Å². The number of hydrogen-bond donors (Lipinski definition) is 0. The zero-order valence-electron chi connectivity index (χ0n) is 13.8. The lowest BCUT2D eigenvalue weighted by atomic mass is 10.0. The highest BCUT2D eigenvalue weighted by molar-refractivity contribution is 14.1. The molecule has 0 atom stereocenters. The summed E-state index contributed by atoms with van der Waals surface area (Å²) in [4.78, 5) is 31.8. The van der Waals surface area contributed by atoms with Gasteiger partial charge in [0.2, 0.25) is 0 Å². The molecule has 0 bridgehead atoms. The maximum absolute atomic E-state index is 12.3. The third-order valence-electron chi connectivity index (χ3n) is 3.62. The average molecular weight is 473 g/mol. The van der Waals surface area contributed by atoms with Crippen LogP contribution in [0.5, 0.6) is 0 Å². The standard InChI is InChI=1S/C19H12IN3O4/c20-17-4-2-1-3-16(17)19(24)27-22-18(14-9-11-21-12-10-14)13-5-7-15(8-6-13)23(25)26/h1-12H/b22-18-. The summed E-state index contributed by atoms with van der Waals surface area (Å²) in [5, 5.41) is 14.9. The Morgan fingerprint density at radius 2 is 1.63 bits per heavy atom. The topological polar surface area (TPSA) is 94.7 Å². The molecule has 3 aromatic rings. The van der Waals surface area contributed by atoms with E-state index in [4.69, 9.17) is 4.84 Å². The molecule has 3 rings (SSSR count). The fourth-order valence-corrected chi connectivity index (χ4v) is 2.89. The number of pyridine rings is 1. The van der Waals surface area contributed by atoms with Crippen LogP contribution < -0.4 is 0 Å². The van der Waals surface area contributed by atoms with Crippen molar-refractivity contribution in [3.8, 4) is 0 Å². The first-order chi connectivity index (χ1) is 13.1. The maximum Gasteiger partial charge on any atom is 0.366 e. The molecule has 0 radical (unpaired) electrons. The Labute approximate surface area is 168 Å². The van der Waals surface area contributed by atoms with Crippen LogP contribution in [0.2, 0.25) is 0 Å². The van der Waals surface area contributed by atoms with Gasteiger partial charge in [0.25, 0.3) is 5.69 Å². The van der Waals surface area contributed by atoms with E-state index < -0.39 is 10.9 Å². The van der Waals surface area contributed by atoms with Crippen LogP contribution >= 0.6 is 22.6 Å². The van der Waals surface area contributed by atoms with Crippen LogP contribution in [0.1, 0.15) is 21.5 Å². The normalized spacial score (nSPS) is 11.1. The number of carbonyl (C=O) groups is 1. The molecule has 0 aliphatic carbocycles. The molecule has 2 aromatic carbocycles. The van der Waals surface area contributed by atoms with Crippen molar-refractivity contribution in [1.29, 1.82) is 0 Å². The van der Waals surface area contributed by atoms with Gasteiger partial charge in [0, 0.05) is 39.2 Å². The number of rotatable bonds is 5. The minimum atomic E-state index is -0.589. The summed E-state index contributed by atoms with van der Waals surface area (Å²) in [6.07, 6.45) is 3.16. The van der Waals surface area contributed by atoms with Crippen molar-refractivity contribution in [2.45, 2.75) is 0 Å². The molecule has 1 aromatic heterocycles. The van der Waals surface area contributed by atoms with Gasteiger partial charge >= 0.3 is 5.97 Å². The first kappa shape index (κ1) is 18.6. The third kappa shape index (κ3) is 4.53. The minimum absolute atomic E-state index is 0.0383. The summed E-state index contributed by atoms with van der Waals surface area (Å²) in [6, 6.07) is 16.3. The maximum atomic E-state index is 12.3. The molecule has 8 heteroatoms. The Hall–Kier alpha value is -3.14. The van der Waals surface area contributed by atoms with E-state index in [2.05, 4.69) is 10.1 Å². The number of nitro benzene ring substituents is 1. The largest absolute Gasteiger partial charge is 0.366 e. The minimum Gasteiger partial charge on any atom is -0.312 e. The van der Waals surface area contributed by atoms with Gasteiger partial charge in [0.05, 0.1) is 10.5 Å². The highest BCUT2D eigenvalue weighted by Gasteiger charge is 2.14. The van der Waals surface area contributed by atoms with Crippen LogP contribution in [0, 0.1) is 13.7 Å². The summed E-state index contributed by atoms with van der Waals surface area (Å²) in [5.41, 5.74) is 1.96. The zero-order chi connectivity index (χ0) is 19.2. The average Bonchev–Trinajstić information content (AvgIpc) is 2.69. The summed E-state index contributed by atoms with van der Waals surface area (Å²) in [6.45, 7) is 0. The fraction of sp³-hybridized carbons (Fsp3) is 0. The Bertz CT molecular complexity index is 1000. The lowest BCUT2D eigenvalue weighted by Crippen LogP contribution is -2.09. The predicted molar refractivity (Wildman–Crippen MR) is 108 cm³/mol. The molecule has 0 saturated carbocycles. The van der Waals surface area contributed by atoms with Crippen molar-refractivity contribution in [1.82, 2.24) is 4.98 Å². The van der Waals surface area contributed by atoms with Gasteiger partial charge in [-0.2, -0.15) is 0 Å². The summed E-state index contributed by atoms with van der Waals surface area (Å²) >= 11 is 2.04. The monoisotopic (exact) mass is 473 g/mol. The van der Waals surface area contributed by atoms with Crippen molar-refractivity contribution < 1.29 is 14.6 Å². The molecule has 0 aliphatic heterocycles. The van der Waals surface area contributed by atoms with Gasteiger partial charge < -0.3 is 4.84 Å². The van der Waals surface area contributed by atoms with Crippen LogP contribution in [-0.2, 0) is 4.84 Å². The molecule has 27 heavy (non-hydrogen) atoms. The van der Waals surface area contributed by atoms with Crippen LogP contribution in [0.3, 0.4) is 0 Å². The van der Waals surface area contributed by atoms with E-state index in [1.165, 1.54) is 12.1 Å². The quantitative estimate of drug-likeness (QED) is 0.182. The van der Waals surface area contributed by atoms with E-state index in [0.717, 1.165) is 3.57 Å². The first-order valence-corrected chi connectivity index (χ1v) is 8.83. The summed E-state index contributed by atoms with van der Waals surface area (Å²) in [5.74, 6) is -0.589. The number of oxime groups is 1. The van der Waals surface area contributed by atoms with Crippen molar-refractivity contribution in [3.05, 3.63) is 103 Å². The number of halogens is 1. The Morgan fingerprint density at radius 3 is 2.26 bits per heavy atom. The van der Waals surface area contributed by atoms with Gasteiger partial charge in [-0.1, -0.05) is 17.3 Å². The molecule has 7 nitrogen and oxygen atoms in total. The molecule has 0 spiro atoms. The van der Waals surface area contributed by atoms with Gasteiger partial charge in [0.15, 0.2) is 0 Å². The second-order valence-corrected chi connectivity index (χ2v) is 6.50. The van der Waals surface area contributed by atoms with E-state index in [-0.39, 0.29) is 5.69 Å². The SMILES string of the molecule is O=C(O/N=C(\c1ccncc1)c1ccc([N+](=O)[O-])cc1)c1ccccc1I. The molecule has 0 aliphatic rings. The first-order valence-electron chi connectivity index (χ1n) is 7.75. The molecule has 0 saturated heterocycles. The van der Waals surface area contributed by atoms with E-state index in [1.54, 1.807) is 54.9 Å². The highest BCUT2D eigenvalue weighted by Crippen LogP contribution is 2.17. The van der Waals surface area contributed by atoms with Crippen LogP contribution in [-0.4, -0.2) is 21.6 Å². The molecule has 0 amide bonds. The lowest BCUT2D eigenvalue weighted by molar-refractivity contribution is -0.384. The number of carbonyl (C=O) groups excluding carboxylic acids is 1. The second-order valence-electron chi connectivity index (χ2n) is 5.34. The number of aromatic nitrogens is 1. The molecular weight excluding hydrogens is 461 g/mol. The van der Waals surface area contributed by atoms with Crippen molar-refractivity contribution in [3.63, 3.8) is 0 Å². The number of non-ortho nitro benzene ring substituents is 1. The molecule has 0 N–H and O–H groups in total. The highest BCUT2D eigenvalue weighted by atomic mass is 127. The van der Waals surface area contributed by atoms with E-state index in [9.17, 15) is 14.9 Å². The number of hydrogen-bond acceptors (Lipinski definition) is 6. The van der Waals surface area contributed by atoms with Crippen LogP contribution in [0.4, 0.5) is 5.69 Å². The Morgan fingerprint density at radius 1 is 1.00 bits per heavy atom. The number of nitro groups is 1. The summed E-state index contributed by atoms with van der Waals surface area (Å²) in [7, 11) is 0. The van der Waals surface area contributed by atoms with Crippen LogP contribution in [0.25, 0.3) is 0 Å². The van der Waals surface area contributed by atoms with Gasteiger partial charge in [-0.15, -0.1) is 0 Å². The number of benzene rings is 2. The van der Waals surface area contributed by atoms with Gasteiger partial charge in [-0.25, -0.2) is 4.79 Å². The number of nitrogens with zero attached hydrogens (tertiary/aromatic N) is 3. The van der Waals surface area contributed by atoms with E-state index in [1.807, 2.05) is 28.7 Å². The molecular formula is C19H12IN3O4. The van der Waals surface area contributed by atoms with Gasteiger partial charge in [-0.3, -0.25) is 15.1 Å². The van der Waals surface area contributed by atoms with Gasteiger partial charge in [-0.05, 0) is 59.0 Å². The van der Waals surface area contributed by atoms with E-state index in [0.29, 0.717) is 22.4 Å². The Kier molecular flexibility index (Phi) is 5.87. The second kappa shape index (κ2) is 8.49. The Balaban J connectivity index is 1.95. The predicted octanol–water partition coefficient (Wildman–Crippen LogP) is 4.20. The van der Waals surface area contributed by atoms with Gasteiger partial charge in [0.1, 0.15) is 5.71 Å². The molecule has 0 unspecified atom stereocenters. The molecule has 1 heterocycles. The molecule has 0 fully saturated rings. The van der Waals surface area contributed by atoms with Crippen molar-refractivity contribution in [2.24, 2.45) is 5.16 Å². The molecule has 134 valence electrons. The zero-order valence-corrected chi connectivity index (χ0v) is 15.9.